The third kappa shape index (κ3) is 5.31. The number of aliphatic hydroxyl groups is 1. The Balaban J connectivity index is 1.49. The molecule has 3 atom stereocenters. The van der Waals surface area contributed by atoms with E-state index in [0.29, 0.717) is 25.8 Å². The SMILES string of the molecule is Cc1ccc(S(=O)(=O)N[C@H]2CC[C@@H](CCNC(=O)C3CCC3)O[C@@H]2CO)cc1. The molecule has 1 aromatic carbocycles. The van der Waals surface area contributed by atoms with Gasteiger partial charge in [-0.05, 0) is 51.2 Å². The van der Waals surface area contributed by atoms with Crippen LogP contribution in [0, 0.1) is 12.8 Å². The summed E-state index contributed by atoms with van der Waals surface area (Å²) in [6.07, 6.45) is 4.30. The first-order valence-electron chi connectivity index (χ1n) is 10.0. The van der Waals surface area contributed by atoms with Gasteiger partial charge in [0.05, 0.1) is 29.8 Å². The van der Waals surface area contributed by atoms with E-state index in [4.69, 9.17) is 4.74 Å². The molecule has 1 aliphatic carbocycles. The summed E-state index contributed by atoms with van der Waals surface area (Å²) in [6, 6.07) is 6.18. The van der Waals surface area contributed by atoms with Crippen LogP contribution in [0.1, 0.15) is 44.1 Å². The Bertz CT molecular complexity index is 761. The van der Waals surface area contributed by atoms with Gasteiger partial charge in [-0.1, -0.05) is 24.1 Å². The van der Waals surface area contributed by atoms with Gasteiger partial charge in [0, 0.05) is 12.5 Å². The summed E-state index contributed by atoms with van der Waals surface area (Å²) in [4.78, 5) is 12.1. The van der Waals surface area contributed by atoms with Gasteiger partial charge < -0.3 is 15.2 Å². The molecule has 0 spiro atoms. The van der Waals surface area contributed by atoms with Crippen molar-refractivity contribution in [2.75, 3.05) is 13.2 Å². The van der Waals surface area contributed by atoms with Crippen LogP contribution in [0.4, 0.5) is 0 Å². The Labute approximate surface area is 166 Å². The molecule has 0 bridgehead atoms. The van der Waals surface area contributed by atoms with E-state index < -0.39 is 22.2 Å². The van der Waals surface area contributed by atoms with E-state index in [1.54, 1.807) is 24.3 Å². The first-order valence-corrected chi connectivity index (χ1v) is 11.5. The zero-order valence-corrected chi connectivity index (χ0v) is 17.1. The third-order valence-corrected chi connectivity index (χ3v) is 7.18. The maximum Gasteiger partial charge on any atom is 0.240 e. The zero-order chi connectivity index (χ0) is 20.1. The van der Waals surface area contributed by atoms with Gasteiger partial charge in [-0.3, -0.25) is 4.79 Å². The van der Waals surface area contributed by atoms with E-state index in [-0.39, 0.29) is 29.4 Å². The van der Waals surface area contributed by atoms with E-state index in [1.807, 2.05) is 6.92 Å². The summed E-state index contributed by atoms with van der Waals surface area (Å²) in [5.74, 6) is 0.280. The number of hydrogen-bond donors (Lipinski definition) is 3. The highest BCUT2D eigenvalue weighted by Gasteiger charge is 2.34. The summed E-state index contributed by atoms with van der Waals surface area (Å²) in [6.45, 7) is 2.18. The minimum Gasteiger partial charge on any atom is -0.394 e. The molecule has 156 valence electrons. The summed E-state index contributed by atoms with van der Waals surface area (Å²) < 4.78 is 33.8. The predicted molar refractivity (Wildman–Crippen MR) is 105 cm³/mol. The zero-order valence-electron chi connectivity index (χ0n) is 16.3. The molecule has 0 aromatic heterocycles. The molecule has 28 heavy (non-hydrogen) atoms. The lowest BCUT2D eigenvalue weighted by atomic mass is 9.85. The first kappa shape index (κ1) is 21.2. The van der Waals surface area contributed by atoms with Crippen molar-refractivity contribution in [1.29, 1.82) is 0 Å². The Morgan fingerprint density at radius 2 is 1.89 bits per heavy atom. The molecule has 3 N–H and O–H groups in total. The maximum absolute atomic E-state index is 12.6. The first-order chi connectivity index (χ1) is 13.4. The van der Waals surface area contributed by atoms with Crippen LogP contribution in [0.2, 0.25) is 0 Å². The van der Waals surface area contributed by atoms with Crippen LogP contribution in [0.3, 0.4) is 0 Å². The topological polar surface area (TPSA) is 105 Å². The fourth-order valence-corrected chi connectivity index (χ4v) is 4.93. The van der Waals surface area contributed by atoms with Gasteiger partial charge >= 0.3 is 0 Å². The molecular formula is C20H30N2O5S. The number of aryl methyl sites for hydroxylation is 1. The molecule has 2 aliphatic rings. The van der Waals surface area contributed by atoms with Crippen molar-refractivity contribution in [1.82, 2.24) is 10.0 Å². The second kappa shape index (κ2) is 9.35. The highest BCUT2D eigenvalue weighted by molar-refractivity contribution is 7.89. The average molecular weight is 411 g/mol. The van der Waals surface area contributed by atoms with E-state index in [0.717, 1.165) is 24.8 Å². The number of rotatable bonds is 8. The van der Waals surface area contributed by atoms with Gasteiger partial charge in [0.2, 0.25) is 15.9 Å². The van der Waals surface area contributed by atoms with E-state index in [1.165, 1.54) is 0 Å². The van der Waals surface area contributed by atoms with Crippen LogP contribution in [0.25, 0.3) is 0 Å². The minimum atomic E-state index is -3.67. The number of ether oxygens (including phenoxy) is 1. The number of carbonyl (C=O) groups is 1. The second-order valence-electron chi connectivity index (χ2n) is 7.80. The van der Waals surface area contributed by atoms with Crippen molar-refractivity contribution in [3.8, 4) is 0 Å². The van der Waals surface area contributed by atoms with Crippen molar-refractivity contribution in [2.45, 2.75) is 68.6 Å². The van der Waals surface area contributed by atoms with E-state index >= 15 is 0 Å². The van der Waals surface area contributed by atoms with Crippen molar-refractivity contribution >= 4 is 15.9 Å². The molecule has 0 unspecified atom stereocenters. The molecular weight excluding hydrogens is 380 g/mol. The van der Waals surface area contributed by atoms with Crippen LogP contribution in [-0.2, 0) is 19.6 Å². The number of amides is 1. The molecule has 1 saturated carbocycles. The smallest absolute Gasteiger partial charge is 0.240 e. The van der Waals surface area contributed by atoms with Crippen LogP contribution in [-0.4, -0.2) is 50.8 Å². The van der Waals surface area contributed by atoms with Gasteiger partial charge in [-0.25, -0.2) is 13.1 Å². The number of carbonyl (C=O) groups excluding carboxylic acids is 1. The summed E-state index contributed by atoms with van der Waals surface area (Å²) in [5.41, 5.74) is 0.987. The Hall–Kier alpha value is -1.48. The monoisotopic (exact) mass is 410 g/mol. The van der Waals surface area contributed by atoms with Crippen molar-refractivity contribution in [2.24, 2.45) is 5.92 Å². The van der Waals surface area contributed by atoms with Gasteiger partial charge in [-0.2, -0.15) is 0 Å². The van der Waals surface area contributed by atoms with Crippen molar-refractivity contribution in [3.63, 3.8) is 0 Å². The molecule has 1 heterocycles. The molecule has 3 rings (SSSR count). The van der Waals surface area contributed by atoms with E-state index in [2.05, 4.69) is 10.0 Å². The fourth-order valence-electron chi connectivity index (χ4n) is 3.63. The number of sulfonamides is 1. The van der Waals surface area contributed by atoms with Crippen molar-refractivity contribution in [3.05, 3.63) is 29.8 Å². The minimum absolute atomic E-state index is 0.0982. The van der Waals surface area contributed by atoms with Crippen LogP contribution in [0.15, 0.2) is 29.2 Å². The van der Waals surface area contributed by atoms with Gasteiger partial charge in [0.25, 0.3) is 0 Å². The lowest BCUT2D eigenvalue weighted by Gasteiger charge is -2.36. The number of hydrogen-bond acceptors (Lipinski definition) is 5. The number of benzene rings is 1. The summed E-state index contributed by atoms with van der Waals surface area (Å²) in [5, 5.41) is 12.6. The highest BCUT2D eigenvalue weighted by Crippen LogP contribution is 2.26. The Kier molecular flexibility index (Phi) is 7.09. The van der Waals surface area contributed by atoms with Gasteiger partial charge in [0.1, 0.15) is 0 Å². The number of aliphatic hydroxyl groups excluding tert-OH is 1. The summed E-state index contributed by atoms with van der Waals surface area (Å²) in [7, 11) is -3.67. The molecule has 8 heteroatoms. The Morgan fingerprint density at radius 1 is 1.18 bits per heavy atom. The standard InChI is InChI=1S/C20H30N2O5S/c1-14-5-8-17(9-6-14)28(25,26)22-18-10-7-16(27-19(18)13-23)11-12-21-20(24)15-3-2-4-15/h5-6,8-9,15-16,18-19,22-23H,2-4,7,10-13H2,1H3,(H,21,24)/t16-,18-,19+/m0/s1. The maximum atomic E-state index is 12.6. The lowest BCUT2D eigenvalue weighted by molar-refractivity contribution is -0.127. The largest absolute Gasteiger partial charge is 0.394 e. The molecule has 2 fully saturated rings. The third-order valence-electron chi connectivity index (χ3n) is 5.67. The van der Waals surface area contributed by atoms with Gasteiger partial charge in [0.15, 0.2) is 0 Å². The quantitative estimate of drug-likeness (QED) is 0.602. The van der Waals surface area contributed by atoms with Crippen LogP contribution >= 0.6 is 0 Å². The number of nitrogens with one attached hydrogen (secondary N) is 2. The van der Waals surface area contributed by atoms with E-state index in [9.17, 15) is 18.3 Å². The van der Waals surface area contributed by atoms with Crippen molar-refractivity contribution < 1.29 is 23.1 Å². The average Bonchev–Trinajstić information content (AvgIpc) is 2.61. The molecule has 1 amide bonds. The molecule has 7 nitrogen and oxygen atoms in total. The molecule has 1 aromatic rings. The Morgan fingerprint density at radius 3 is 2.50 bits per heavy atom. The van der Waals surface area contributed by atoms with Crippen LogP contribution in [0.5, 0.6) is 0 Å². The van der Waals surface area contributed by atoms with Crippen LogP contribution < -0.4 is 10.0 Å². The fraction of sp³-hybridized carbons (Fsp3) is 0.650. The lowest BCUT2D eigenvalue weighted by Crippen LogP contribution is -2.51. The molecule has 1 saturated heterocycles. The normalized spacial score (nSPS) is 25.9. The second-order valence-corrected chi connectivity index (χ2v) is 9.52. The molecule has 0 radical (unpaired) electrons. The summed E-state index contributed by atoms with van der Waals surface area (Å²) >= 11 is 0. The highest BCUT2D eigenvalue weighted by atomic mass is 32.2. The van der Waals surface area contributed by atoms with Gasteiger partial charge in [-0.15, -0.1) is 0 Å². The predicted octanol–water partition coefficient (Wildman–Crippen LogP) is 1.49. The molecule has 1 aliphatic heterocycles.